The third-order valence-corrected chi connectivity index (χ3v) is 6.40. The number of unbranched alkanes of at least 4 members (excludes halogenated alkanes) is 1. The number of aryl methyl sites for hydroxylation is 2. The highest BCUT2D eigenvalue weighted by molar-refractivity contribution is 7.99. The van der Waals surface area contributed by atoms with Crippen molar-refractivity contribution in [1.29, 1.82) is 0 Å². The van der Waals surface area contributed by atoms with E-state index in [0.717, 1.165) is 31.4 Å². The zero-order chi connectivity index (χ0) is 18.2. The number of hydrogen-bond donors (Lipinski definition) is 2. The van der Waals surface area contributed by atoms with E-state index in [4.69, 9.17) is 0 Å². The van der Waals surface area contributed by atoms with Crippen LogP contribution in [0.3, 0.4) is 0 Å². The Kier molecular flexibility index (Phi) is 7.60. The molecule has 2 atom stereocenters. The van der Waals surface area contributed by atoms with E-state index in [9.17, 15) is 5.11 Å². The lowest BCUT2D eigenvalue weighted by molar-refractivity contribution is 0.136. The van der Waals surface area contributed by atoms with Crippen LogP contribution in [0.25, 0.3) is 0 Å². The maximum atomic E-state index is 10.7. The van der Waals surface area contributed by atoms with E-state index in [2.05, 4.69) is 60.8 Å². The molecule has 0 radical (unpaired) electrons. The number of fused-ring (bicyclic) bond motifs is 1. The van der Waals surface area contributed by atoms with Gasteiger partial charge in [0.1, 0.15) is 0 Å². The molecule has 0 aliphatic carbocycles. The van der Waals surface area contributed by atoms with E-state index < -0.39 is 6.10 Å². The Hall–Kier alpha value is -1.29. The molecule has 3 heteroatoms. The average molecular weight is 370 g/mol. The lowest BCUT2D eigenvalue weighted by atomic mass is 9.99. The number of aliphatic hydroxyl groups excluding tert-OH is 1. The van der Waals surface area contributed by atoms with Crippen LogP contribution in [0.4, 0.5) is 0 Å². The summed E-state index contributed by atoms with van der Waals surface area (Å²) in [7, 11) is 0. The number of benzene rings is 2. The number of nitrogens with one attached hydrogen (secondary N) is 1. The predicted molar refractivity (Wildman–Crippen MR) is 112 cm³/mol. The fourth-order valence-electron chi connectivity index (χ4n) is 3.55. The zero-order valence-corrected chi connectivity index (χ0v) is 16.6. The van der Waals surface area contributed by atoms with Crippen molar-refractivity contribution < 1.29 is 5.11 Å². The van der Waals surface area contributed by atoms with Gasteiger partial charge in [-0.15, -0.1) is 11.8 Å². The lowest BCUT2D eigenvalue weighted by Crippen LogP contribution is -2.33. The van der Waals surface area contributed by atoms with Gasteiger partial charge in [-0.3, -0.25) is 0 Å². The molecule has 1 aliphatic rings. The summed E-state index contributed by atoms with van der Waals surface area (Å²) in [5.41, 5.74) is 3.87. The number of aliphatic hydroxyl groups is 1. The molecular formula is C23H31NOS. The summed E-state index contributed by atoms with van der Waals surface area (Å²) in [4.78, 5) is 1.40. The molecule has 26 heavy (non-hydrogen) atoms. The molecule has 0 saturated carbocycles. The Balaban J connectivity index is 1.44. The summed E-state index contributed by atoms with van der Waals surface area (Å²) in [6.07, 6.45) is 6.68. The molecule has 2 N–H and O–H groups in total. The van der Waals surface area contributed by atoms with Crippen molar-refractivity contribution in [3.63, 3.8) is 0 Å². The highest BCUT2D eigenvalue weighted by atomic mass is 32.2. The third kappa shape index (κ3) is 5.60. The number of hydrogen-bond acceptors (Lipinski definition) is 3. The second kappa shape index (κ2) is 10.1. The molecular weight excluding hydrogens is 338 g/mol. The first-order valence-corrected chi connectivity index (χ1v) is 10.9. The Morgan fingerprint density at radius 1 is 1.08 bits per heavy atom. The second-order valence-corrected chi connectivity index (χ2v) is 8.44. The van der Waals surface area contributed by atoms with Crippen LogP contribution in [0.15, 0.2) is 53.4 Å². The third-order valence-electron chi connectivity index (χ3n) is 5.20. The van der Waals surface area contributed by atoms with Gasteiger partial charge in [0.25, 0.3) is 0 Å². The minimum Gasteiger partial charge on any atom is -0.387 e. The van der Waals surface area contributed by atoms with Crippen LogP contribution in [0.5, 0.6) is 0 Å². The van der Waals surface area contributed by atoms with Crippen LogP contribution >= 0.6 is 11.8 Å². The van der Waals surface area contributed by atoms with E-state index in [-0.39, 0.29) is 6.04 Å². The molecule has 0 spiro atoms. The molecule has 2 unspecified atom stereocenters. The standard InChI is InChI=1S/C23H31NOS/c1-18(24-15-7-5-11-19-9-3-2-4-10-19)23(25)21-13-14-22-20(17-21)12-6-8-16-26-22/h2-4,9-10,13-14,17-18,23-25H,5-8,11-12,15-16H2,1H3. The fourth-order valence-corrected chi connectivity index (χ4v) is 4.63. The van der Waals surface area contributed by atoms with Crippen molar-refractivity contribution in [2.45, 2.75) is 62.5 Å². The van der Waals surface area contributed by atoms with Gasteiger partial charge in [-0.25, -0.2) is 0 Å². The molecule has 1 aliphatic heterocycles. The highest BCUT2D eigenvalue weighted by Crippen LogP contribution is 2.31. The Morgan fingerprint density at radius 2 is 1.92 bits per heavy atom. The molecule has 1 heterocycles. The summed E-state index contributed by atoms with van der Waals surface area (Å²) in [5, 5.41) is 14.2. The highest BCUT2D eigenvalue weighted by Gasteiger charge is 2.18. The first kappa shape index (κ1) is 19.5. The number of rotatable bonds is 8. The Bertz CT molecular complexity index is 673. The van der Waals surface area contributed by atoms with Gasteiger partial charge in [-0.2, -0.15) is 0 Å². The topological polar surface area (TPSA) is 32.3 Å². The van der Waals surface area contributed by atoms with Gasteiger partial charge in [0.05, 0.1) is 6.10 Å². The average Bonchev–Trinajstić information content (AvgIpc) is 2.92. The molecule has 2 aromatic carbocycles. The molecule has 2 aromatic rings. The summed E-state index contributed by atoms with van der Waals surface area (Å²) in [5.74, 6) is 1.22. The van der Waals surface area contributed by atoms with Crippen LogP contribution in [0.1, 0.15) is 55.4 Å². The van der Waals surface area contributed by atoms with Gasteiger partial charge in [0.2, 0.25) is 0 Å². The van der Waals surface area contributed by atoms with Crippen LogP contribution in [0, 0.1) is 0 Å². The monoisotopic (exact) mass is 369 g/mol. The largest absolute Gasteiger partial charge is 0.387 e. The van der Waals surface area contributed by atoms with E-state index in [1.54, 1.807) is 0 Å². The van der Waals surface area contributed by atoms with Crippen molar-refractivity contribution in [3.8, 4) is 0 Å². The molecule has 0 saturated heterocycles. The van der Waals surface area contributed by atoms with Gasteiger partial charge in [-0.1, -0.05) is 42.5 Å². The van der Waals surface area contributed by atoms with E-state index in [1.165, 1.54) is 41.0 Å². The summed E-state index contributed by atoms with van der Waals surface area (Å²) in [6, 6.07) is 17.3. The maximum absolute atomic E-state index is 10.7. The normalized spacial score (nSPS) is 16.5. The molecule has 0 bridgehead atoms. The summed E-state index contributed by atoms with van der Waals surface area (Å²) in [6.45, 7) is 3.04. The van der Waals surface area contributed by atoms with Crippen molar-refractivity contribution in [3.05, 3.63) is 65.2 Å². The van der Waals surface area contributed by atoms with E-state index in [0.29, 0.717) is 0 Å². The lowest BCUT2D eigenvalue weighted by Gasteiger charge is -2.22. The van der Waals surface area contributed by atoms with Crippen LogP contribution < -0.4 is 5.32 Å². The quantitative estimate of drug-likeness (QED) is 0.631. The second-order valence-electron chi connectivity index (χ2n) is 7.30. The Morgan fingerprint density at radius 3 is 2.77 bits per heavy atom. The van der Waals surface area contributed by atoms with Gasteiger partial charge in [0.15, 0.2) is 0 Å². The fraction of sp³-hybridized carbons (Fsp3) is 0.478. The minimum atomic E-state index is -0.442. The zero-order valence-electron chi connectivity index (χ0n) is 15.8. The van der Waals surface area contributed by atoms with Crippen LogP contribution in [-0.2, 0) is 12.8 Å². The van der Waals surface area contributed by atoms with Gasteiger partial charge < -0.3 is 10.4 Å². The molecule has 140 valence electrons. The van der Waals surface area contributed by atoms with Crippen LogP contribution in [0.2, 0.25) is 0 Å². The van der Waals surface area contributed by atoms with E-state index in [1.807, 2.05) is 11.8 Å². The molecule has 2 nitrogen and oxygen atoms in total. The minimum absolute atomic E-state index is 0.0724. The summed E-state index contributed by atoms with van der Waals surface area (Å²) < 4.78 is 0. The first-order chi connectivity index (χ1) is 12.7. The van der Waals surface area contributed by atoms with Crippen LogP contribution in [-0.4, -0.2) is 23.4 Å². The SMILES string of the molecule is CC(NCCCCc1ccccc1)C(O)c1ccc2c(c1)CCCCS2. The molecule has 0 aromatic heterocycles. The van der Waals surface area contributed by atoms with Gasteiger partial charge in [0, 0.05) is 10.9 Å². The first-order valence-electron chi connectivity index (χ1n) is 9.95. The molecule has 0 fully saturated rings. The molecule has 3 rings (SSSR count). The van der Waals surface area contributed by atoms with Crippen molar-refractivity contribution >= 4 is 11.8 Å². The van der Waals surface area contributed by atoms with Crippen molar-refractivity contribution in [2.24, 2.45) is 0 Å². The summed E-state index contributed by atoms with van der Waals surface area (Å²) >= 11 is 1.96. The van der Waals surface area contributed by atoms with Gasteiger partial charge >= 0.3 is 0 Å². The van der Waals surface area contributed by atoms with Gasteiger partial charge in [-0.05, 0) is 80.5 Å². The predicted octanol–water partition coefficient (Wildman–Crippen LogP) is 5.15. The van der Waals surface area contributed by atoms with Crippen molar-refractivity contribution in [1.82, 2.24) is 5.32 Å². The smallest absolute Gasteiger partial charge is 0.0940 e. The van der Waals surface area contributed by atoms with E-state index >= 15 is 0 Å². The maximum Gasteiger partial charge on any atom is 0.0940 e. The number of thioether (sulfide) groups is 1. The van der Waals surface area contributed by atoms with Crippen molar-refractivity contribution in [2.75, 3.05) is 12.3 Å². The Labute approximate surface area is 162 Å². The molecule has 0 amide bonds.